The molecule has 166 valence electrons. The summed E-state index contributed by atoms with van der Waals surface area (Å²) < 4.78 is 0. The summed E-state index contributed by atoms with van der Waals surface area (Å²) in [6.45, 7) is 10.9. The number of carbonyl (C=O) groups excluding carboxylic acids is 3. The number of hydrogen-bond donors (Lipinski definition) is 1. The van der Waals surface area contributed by atoms with Crippen LogP contribution in [0, 0.1) is 11.8 Å². The highest BCUT2D eigenvalue weighted by molar-refractivity contribution is 6.35. The molecule has 1 unspecified atom stereocenters. The molecule has 0 saturated carbocycles. The minimum Gasteiger partial charge on any atom is -0.341 e. The zero-order valence-corrected chi connectivity index (χ0v) is 19.8. The second kappa shape index (κ2) is 10.0. The third kappa shape index (κ3) is 5.67. The highest BCUT2D eigenvalue weighted by atomic mass is 35.5. The Morgan fingerprint density at radius 1 is 1.10 bits per heavy atom. The van der Waals surface area contributed by atoms with Gasteiger partial charge in [-0.15, -0.1) is 0 Å². The summed E-state index contributed by atoms with van der Waals surface area (Å²) in [6.07, 6.45) is 1.73. The monoisotopic (exact) mass is 455 g/mol. The normalized spacial score (nSPS) is 19.0. The van der Waals surface area contributed by atoms with Crippen LogP contribution in [0.5, 0.6) is 0 Å². The molecule has 1 heterocycles. The molecule has 1 N–H and O–H groups in total. The van der Waals surface area contributed by atoms with E-state index in [1.807, 2.05) is 0 Å². The van der Waals surface area contributed by atoms with Crippen molar-refractivity contribution in [2.75, 3.05) is 19.6 Å². The van der Waals surface area contributed by atoms with E-state index in [0.717, 1.165) is 17.7 Å². The van der Waals surface area contributed by atoms with Gasteiger partial charge in [0.2, 0.25) is 5.91 Å². The van der Waals surface area contributed by atoms with Crippen LogP contribution in [-0.2, 0) is 15.1 Å². The fourth-order valence-corrected chi connectivity index (χ4v) is 3.94. The number of hydrogen-bond acceptors (Lipinski definition) is 3. The lowest BCUT2D eigenvalue weighted by atomic mass is 9.92. The first kappa shape index (κ1) is 24.5. The first-order valence-corrected chi connectivity index (χ1v) is 11.1. The van der Waals surface area contributed by atoms with Crippen LogP contribution in [0.2, 0.25) is 10.0 Å². The van der Waals surface area contributed by atoms with Crippen LogP contribution in [0.25, 0.3) is 0 Å². The predicted molar refractivity (Wildman–Crippen MR) is 120 cm³/mol. The first-order valence-electron chi connectivity index (χ1n) is 10.3. The number of carbonyl (C=O) groups is 3. The van der Waals surface area contributed by atoms with Crippen LogP contribution in [0.1, 0.15) is 53.0 Å². The number of benzene rings is 1. The molecule has 1 aromatic carbocycles. The van der Waals surface area contributed by atoms with Crippen molar-refractivity contribution in [3.63, 3.8) is 0 Å². The largest absolute Gasteiger partial charge is 0.341 e. The molecule has 1 aliphatic heterocycles. The van der Waals surface area contributed by atoms with E-state index in [2.05, 4.69) is 33.0 Å². The number of nitrogens with zero attached hydrogens (tertiary/aromatic N) is 2. The van der Waals surface area contributed by atoms with Crippen molar-refractivity contribution in [3.05, 3.63) is 33.8 Å². The van der Waals surface area contributed by atoms with Gasteiger partial charge in [-0.25, -0.2) is 4.79 Å². The maximum atomic E-state index is 13.1. The molecule has 0 aromatic heterocycles. The molecular formula is C22H31Cl2N3O3. The maximum Gasteiger partial charge on any atom is 0.325 e. The van der Waals surface area contributed by atoms with Crippen LogP contribution in [-0.4, -0.2) is 47.3 Å². The average Bonchev–Trinajstić information content (AvgIpc) is 2.84. The van der Waals surface area contributed by atoms with Gasteiger partial charge in [0.1, 0.15) is 12.1 Å². The summed E-state index contributed by atoms with van der Waals surface area (Å²) >= 11 is 12.2. The van der Waals surface area contributed by atoms with Crippen molar-refractivity contribution in [2.24, 2.45) is 11.8 Å². The molecule has 8 heteroatoms. The lowest BCUT2D eigenvalue weighted by Gasteiger charge is -2.27. The first-order chi connectivity index (χ1) is 14.0. The van der Waals surface area contributed by atoms with Gasteiger partial charge in [-0.05, 0) is 43.7 Å². The molecule has 2 rings (SSSR count). The number of rotatable bonds is 9. The van der Waals surface area contributed by atoms with E-state index in [-0.39, 0.29) is 17.5 Å². The van der Waals surface area contributed by atoms with Crippen molar-refractivity contribution in [3.8, 4) is 0 Å². The van der Waals surface area contributed by atoms with E-state index in [4.69, 9.17) is 23.2 Å². The van der Waals surface area contributed by atoms with Gasteiger partial charge < -0.3 is 10.2 Å². The van der Waals surface area contributed by atoms with E-state index in [9.17, 15) is 14.4 Å². The van der Waals surface area contributed by atoms with Gasteiger partial charge in [0.15, 0.2) is 0 Å². The molecule has 1 saturated heterocycles. The molecule has 0 radical (unpaired) electrons. The summed E-state index contributed by atoms with van der Waals surface area (Å²) in [5.74, 6) is 0.168. The minimum absolute atomic E-state index is 0.230. The molecule has 1 aliphatic rings. The molecule has 0 spiro atoms. The fourth-order valence-electron chi connectivity index (χ4n) is 3.34. The summed E-state index contributed by atoms with van der Waals surface area (Å²) in [5.41, 5.74) is -0.905. The number of nitrogens with one attached hydrogen (secondary N) is 1. The molecule has 0 aliphatic carbocycles. The SMILES string of the molecule is CC(C)CCN(CCC(C)C)C(=O)CN1C(=O)NC(C)(c2ccc(Cl)cc2Cl)C1=O. The van der Waals surface area contributed by atoms with Crippen LogP contribution in [0.3, 0.4) is 0 Å². The molecule has 1 fully saturated rings. The lowest BCUT2D eigenvalue weighted by Crippen LogP contribution is -2.45. The Hall–Kier alpha value is -1.79. The van der Waals surface area contributed by atoms with Gasteiger partial charge in [-0.3, -0.25) is 14.5 Å². The molecule has 1 atom stereocenters. The minimum atomic E-state index is -1.35. The van der Waals surface area contributed by atoms with Gasteiger partial charge in [-0.2, -0.15) is 0 Å². The van der Waals surface area contributed by atoms with Gasteiger partial charge >= 0.3 is 6.03 Å². The van der Waals surface area contributed by atoms with E-state index >= 15 is 0 Å². The van der Waals surface area contributed by atoms with Crippen LogP contribution in [0.4, 0.5) is 4.79 Å². The lowest BCUT2D eigenvalue weighted by molar-refractivity contribution is -0.139. The van der Waals surface area contributed by atoms with Crippen molar-refractivity contribution in [1.29, 1.82) is 0 Å². The Labute approximate surface area is 188 Å². The van der Waals surface area contributed by atoms with E-state index < -0.39 is 17.5 Å². The maximum absolute atomic E-state index is 13.1. The van der Waals surface area contributed by atoms with Crippen molar-refractivity contribution >= 4 is 41.0 Å². The summed E-state index contributed by atoms with van der Waals surface area (Å²) in [4.78, 5) is 41.5. The second-order valence-electron chi connectivity index (χ2n) is 8.82. The van der Waals surface area contributed by atoms with Gasteiger partial charge in [0.05, 0.1) is 0 Å². The summed E-state index contributed by atoms with van der Waals surface area (Å²) in [6, 6.07) is 4.15. The number of halogens is 2. The van der Waals surface area contributed by atoms with Crippen LogP contribution in [0.15, 0.2) is 18.2 Å². The molecule has 0 bridgehead atoms. The quantitative estimate of drug-likeness (QED) is 0.549. The zero-order chi connectivity index (χ0) is 22.6. The standard InChI is InChI=1S/C22H31Cl2N3O3/c1-14(2)8-10-26(11-9-15(3)4)19(28)13-27-20(29)22(5,25-21(27)30)17-7-6-16(23)12-18(17)24/h6-7,12,14-15H,8-11,13H2,1-5H3,(H,25,30). The third-order valence-corrected chi connectivity index (χ3v) is 5.89. The summed E-state index contributed by atoms with van der Waals surface area (Å²) in [7, 11) is 0. The molecule has 4 amide bonds. The van der Waals surface area contributed by atoms with Crippen molar-refractivity contribution < 1.29 is 14.4 Å². The number of amides is 4. The van der Waals surface area contributed by atoms with E-state index in [0.29, 0.717) is 35.5 Å². The zero-order valence-electron chi connectivity index (χ0n) is 18.3. The highest BCUT2D eigenvalue weighted by Crippen LogP contribution is 2.35. The Morgan fingerprint density at radius 3 is 2.17 bits per heavy atom. The predicted octanol–water partition coefficient (Wildman–Crippen LogP) is 4.68. The van der Waals surface area contributed by atoms with Gasteiger partial charge in [0, 0.05) is 28.7 Å². The average molecular weight is 456 g/mol. The smallest absolute Gasteiger partial charge is 0.325 e. The van der Waals surface area contributed by atoms with E-state index in [1.165, 1.54) is 6.07 Å². The Bertz CT molecular complexity index is 801. The fraction of sp³-hybridized carbons (Fsp3) is 0.591. The number of imide groups is 1. The molecule has 6 nitrogen and oxygen atoms in total. The Morgan fingerprint density at radius 2 is 1.67 bits per heavy atom. The second-order valence-corrected chi connectivity index (χ2v) is 9.66. The van der Waals surface area contributed by atoms with Crippen LogP contribution < -0.4 is 5.32 Å². The Kier molecular flexibility index (Phi) is 8.17. The summed E-state index contributed by atoms with van der Waals surface area (Å²) in [5, 5.41) is 3.40. The van der Waals surface area contributed by atoms with Crippen molar-refractivity contribution in [2.45, 2.75) is 53.0 Å². The van der Waals surface area contributed by atoms with Crippen LogP contribution >= 0.6 is 23.2 Å². The van der Waals surface area contributed by atoms with Crippen molar-refractivity contribution in [1.82, 2.24) is 15.1 Å². The highest BCUT2D eigenvalue weighted by Gasteiger charge is 2.50. The van der Waals surface area contributed by atoms with Gasteiger partial charge in [0.25, 0.3) is 5.91 Å². The molecular weight excluding hydrogens is 425 g/mol. The third-order valence-electron chi connectivity index (χ3n) is 5.34. The van der Waals surface area contributed by atoms with E-state index in [1.54, 1.807) is 24.0 Å². The Balaban J connectivity index is 2.18. The van der Waals surface area contributed by atoms with Gasteiger partial charge in [-0.1, -0.05) is 57.0 Å². The number of urea groups is 1. The topological polar surface area (TPSA) is 69.7 Å². The molecule has 30 heavy (non-hydrogen) atoms. The molecule has 1 aromatic rings.